The number of carbonyl (C=O) groups excluding carboxylic acids is 1. The average Bonchev–Trinajstić information content (AvgIpc) is 3.00. The molecule has 20 heavy (non-hydrogen) atoms. The molecule has 1 unspecified atom stereocenters. The number of fused-ring (bicyclic) bond motifs is 1. The normalized spacial score (nSPS) is 21.1. The van der Waals surface area contributed by atoms with E-state index in [-0.39, 0.29) is 17.4 Å². The van der Waals surface area contributed by atoms with Gasteiger partial charge in [-0.05, 0) is 18.6 Å². The molecular formula is C13H14N2O4S. The van der Waals surface area contributed by atoms with Crippen molar-refractivity contribution in [2.24, 2.45) is 0 Å². The van der Waals surface area contributed by atoms with E-state index in [0.29, 0.717) is 28.8 Å². The number of imidazole rings is 1. The fourth-order valence-electron chi connectivity index (χ4n) is 2.53. The first-order valence-electron chi connectivity index (χ1n) is 6.27. The van der Waals surface area contributed by atoms with Crippen molar-refractivity contribution >= 4 is 26.8 Å². The topological polar surface area (TPSA) is 89.1 Å². The highest BCUT2D eigenvalue weighted by atomic mass is 32.2. The molecule has 3 rings (SSSR count). The lowest BCUT2D eigenvalue weighted by molar-refractivity contribution is 0.0603. The molecule has 1 aromatic carbocycles. The summed E-state index contributed by atoms with van der Waals surface area (Å²) in [4.78, 5) is 19.2. The molecule has 7 heteroatoms. The molecule has 0 aliphatic carbocycles. The zero-order chi connectivity index (χ0) is 14.3. The van der Waals surface area contributed by atoms with Crippen LogP contribution in [-0.2, 0) is 14.6 Å². The lowest BCUT2D eigenvalue weighted by Gasteiger charge is -2.01. The number of esters is 1. The summed E-state index contributed by atoms with van der Waals surface area (Å²) in [6, 6.07) is 5.19. The van der Waals surface area contributed by atoms with E-state index < -0.39 is 15.8 Å². The molecular weight excluding hydrogens is 280 g/mol. The van der Waals surface area contributed by atoms with Gasteiger partial charge in [0.05, 0.1) is 29.7 Å². The van der Waals surface area contributed by atoms with Crippen molar-refractivity contribution in [3.05, 3.63) is 29.6 Å². The van der Waals surface area contributed by atoms with Crippen molar-refractivity contribution in [3.63, 3.8) is 0 Å². The van der Waals surface area contributed by atoms with Gasteiger partial charge in [-0.15, -0.1) is 0 Å². The van der Waals surface area contributed by atoms with Gasteiger partial charge in [0.1, 0.15) is 11.3 Å². The van der Waals surface area contributed by atoms with Crippen LogP contribution in [0.3, 0.4) is 0 Å². The minimum atomic E-state index is -2.96. The van der Waals surface area contributed by atoms with E-state index in [0.717, 1.165) is 0 Å². The van der Waals surface area contributed by atoms with Crippen molar-refractivity contribution in [2.75, 3.05) is 18.6 Å². The summed E-state index contributed by atoms with van der Waals surface area (Å²) in [5.41, 5.74) is 1.62. The maximum absolute atomic E-state index is 11.7. The Bertz CT molecular complexity index is 779. The predicted octanol–water partition coefficient (Wildman–Crippen LogP) is 1.25. The standard InChI is InChI=1S/C13H14N2O4S/c1-19-13(16)9-3-2-4-10-11(9)15-12(14-10)8-5-6-20(17,18)7-8/h2-4,8H,5-7H2,1H3,(H,14,15). The van der Waals surface area contributed by atoms with Crippen molar-refractivity contribution in [2.45, 2.75) is 12.3 Å². The van der Waals surface area contributed by atoms with Gasteiger partial charge in [0, 0.05) is 5.92 Å². The number of nitrogens with one attached hydrogen (secondary N) is 1. The van der Waals surface area contributed by atoms with Crippen LogP contribution in [-0.4, -0.2) is 43.0 Å². The Kier molecular flexibility index (Phi) is 3.01. The van der Waals surface area contributed by atoms with Crippen LogP contribution < -0.4 is 0 Å². The third-order valence-corrected chi connectivity index (χ3v) is 5.32. The molecule has 0 bridgehead atoms. The van der Waals surface area contributed by atoms with Gasteiger partial charge in [-0.25, -0.2) is 18.2 Å². The fourth-order valence-corrected chi connectivity index (χ4v) is 4.28. The van der Waals surface area contributed by atoms with Crippen molar-refractivity contribution in [1.82, 2.24) is 9.97 Å². The Balaban J connectivity index is 2.05. The Labute approximate surface area is 116 Å². The lowest BCUT2D eigenvalue weighted by Crippen LogP contribution is -2.05. The summed E-state index contributed by atoms with van der Waals surface area (Å²) in [7, 11) is -1.65. The molecule has 6 nitrogen and oxygen atoms in total. The monoisotopic (exact) mass is 294 g/mol. The number of methoxy groups -OCH3 is 1. The molecule has 0 spiro atoms. The molecule has 106 valence electrons. The number of nitrogens with zero attached hydrogens (tertiary/aromatic N) is 1. The number of aromatic nitrogens is 2. The number of benzene rings is 1. The number of ether oxygens (including phenoxy) is 1. The smallest absolute Gasteiger partial charge is 0.340 e. The van der Waals surface area contributed by atoms with Gasteiger partial charge in [-0.1, -0.05) is 6.07 Å². The number of para-hydroxylation sites is 1. The number of aromatic amines is 1. The highest BCUT2D eigenvalue weighted by Crippen LogP contribution is 2.29. The molecule has 2 aromatic rings. The van der Waals surface area contributed by atoms with Crippen LogP contribution in [0.2, 0.25) is 0 Å². The van der Waals surface area contributed by atoms with Gasteiger partial charge >= 0.3 is 5.97 Å². The molecule has 1 fully saturated rings. The number of hydrogen-bond donors (Lipinski definition) is 1. The summed E-state index contributed by atoms with van der Waals surface area (Å²) in [5, 5.41) is 0. The van der Waals surface area contributed by atoms with Gasteiger partial charge in [0.15, 0.2) is 9.84 Å². The largest absolute Gasteiger partial charge is 0.465 e. The molecule has 2 heterocycles. The van der Waals surface area contributed by atoms with Crippen LogP contribution in [0, 0.1) is 0 Å². The first-order valence-corrected chi connectivity index (χ1v) is 8.09. The maximum atomic E-state index is 11.7. The number of H-pyrrole nitrogens is 1. The Morgan fingerprint density at radius 1 is 1.45 bits per heavy atom. The number of hydrogen-bond acceptors (Lipinski definition) is 5. The first kappa shape index (κ1) is 13.1. The average molecular weight is 294 g/mol. The molecule has 1 aliphatic heterocycles. The third-order valence-electron chi connectivity index (χ3n) is 3.56. The zero-order valence-electron chi connectivity index (χ0n) is 10.9. The molecule has 0 saturated carbocycles. The quantitative estimate of drug-likeness (QED) is 0.842. The molecule has 0 radical (unpaired) electrons. The molecule has 0 amide bonds. The summed E-state index contributed by atoms with van der Waals surface area (Å²) in [6.07, 6.45) is 0.565. The molecule has 1 atom stereocenters. The van der Waals surface area contributed by atoms with Crippen LogP contribution in [0.5, 0.6) is 0 Å². The SMILES string of the molecule is COC(=O)c1cccc2[nH]c(C3CCS(=O)(=O)C3)nc12. The summed E-state index contributed by atoms with van der Waals surface area (Å²) >= 11 is 0. The summed E-state index contributed by atoms with van der Waals surface area (Å²) < 4.78 is 27.8. The summed E-state index contributed by atoms with van der Waals surface area (Å²) in [6.45, 7) is 0. The van der Waals surface area contributed by atoms with E-state index in [4.69, 9.17) is 4.74 Å². The molecule has 1 saturated heterocycles. The van der Waals surface area contributed by atoms with Crippen LogP contribution in [0.4, 0.5) is 0 Å². The van der Waals surface area contributed by atoms with Gasteiger partial charge in [0.25, 0.3) is 0 Å². The van der Waals surface area contributed by atoms with Gasteiger partial charge in [0.2, 0.25) is 0 Å². The van der Waals surface area contributed by atoms with E-state index in [1.54, 1.807) is 12.1 Å². The van der Waals surface area contributed by atoms with Crippen LogP contribution in [0.15, 0.2) is 18.2 Å². The van der Waals surface area contributed by atoms with Crippen LogP contribution >= 0.6 is 0 Å². The van der Waals surface area contributed by atoms with Gasteiger partial charge in [-0.2, -0.15) is 0 Å². The number of sulfone groups is 1. The first-order chi connectivity index (χ1) is 9.50. The van der Waals surface area contributed by atoms with E-state index in [9.17, 15) is 13.2 Å². The summed E-state index contributed by atoms with van der Waals surface area (Å²) in [5.74, 6) is 0.349. The zero-order valence-corrected chi connectivity index (χ0v) is 11.7. The van der Waals surface area contributed by atoms with E-state index in [2.05, 4.69) is 9.97 Å². The van der Waals surface area contributed by atoms with E-state index in [1.807, 2.05) is 6.07 Å². The third kappa shape index (κ3) is 2.18. The van der Waals surface area contributed by atoms with E-state index in [1.165, 1.54) is 7.11 Å². The Morgan fingerprint density at radius 3 is 2.90 bits per heavy atom. The molecule has 1 N–H and O–H groups in total. The minimum Gasteiger partial charge on any atom is -0.465 e. The Morgan fingerprint density at radius 2 is 2.25 bits per heavy atom. The van der Waals surface area contributed by atoms with E-state index >= 15 is 0 Å². The molecule has 1 aromatic heterocycles. The fraction of sp³-hybridized carbons (Fsp3) is 0.385. The maximum Gasteiger partial charge on any atom is 0.340 e. The Hall–Kier alpha value is -1.89. The van der Waals surface area contributed by atoms with Gasteiger partial charge in [-0.3, -0.25) is 0 Å². The van der Waals surface area contributed by atoms with Crippen molar-refractivity contribution < 1.29 is 17.9 Å². The van der Waals surface area contributed by atoms with Gasteiger partial charge < -0.3 is 9.72 Å². The second-order valence-electron chi connectivity index (χ2n) is 4.92. The predicted molar refractivity (Wildman–Crippen MR) is 73.4 cm³/mol. The van der Waals surface area contributed by atoms with Crippen molar-refractivity contribution in [3.8, 4) is 0 Å². The lowest BCUT2D eigenvalue weighted by atomic mass is 10.1. The van der Waals surface area contributed by atoms with Crippen molar-refractivity contribution in [1.29, 1.82) is 0 Å². The number of carbonyl (C=O) groups is 1. The highest BCUT2D eigenvalue weighted by Gasteiger charge is 2.31. The van der Waals surface area contributed by atoms with Crippen LogP contribution in [0.1, 0.15) is 28.5 Å². The minimum absolute atomic E-state index is 0.111. The highest BCUT2D eigenvalue weighted by molar-refractivity contribution is 7.91. The second kappa shape index (κ2) is 4.59. The number of rotatable bonds is 2. The second-order valence-corrected chi connectivity index (χ2v) is 7.14. The van der Waals surface area contributed by atoms with Crippen LogP contribution in [0.25, 0.3) is 11.0 Å². The molecule has 1 aliphatic rings.